The number of nitrogens with two attached hydrogens (primary N) is 1. The number of alkyl halides is 9. The van der Waals surface area contributed by atoms with Crippen molar-refractivity contribution in [3.63, 3.8) is 0 Å². The van der Waals surface area contributed by atoms with E-state index in [0.717, 1.165) is 12.1 Å². The van der Waals surface area contributed by atoms with Gasteiger partial charge in [0.2, 0.25) is 5.96 Å². The van der Waals surface area contributed by atoms with Crippen molar-refractivity contribution in [3.8, 4) is 11.8 Å². The van der Waals surface area contributed by atoms with Gasteiger partial charge in [0.05, 0.1) is 29.4 Å². The highest BCUT2D eigenvalue weighted by molar-refractivity contribution is 5.83. The van der Waals surface area contributed by atoms with Gasteiger partial charge in [0, 0.05) is 5.69 Å². The topological polar surface area (TPSA) is 113 Å². The van der Waals surface area contributed by atoms with Gasteiger partial charge in [-0.25, -0.2) is 9.79 Å². The number of hydrogen-bond acceptors (Lipinski definition) is 6. The van der Waals surface area contributed by atoms with E-state index in [9.17, 15) is 44.3 Å². The summed E-state index contributed by atoms with van der Waals surface area (Å²) >= 11 is 0. The van der Waals surface area contributed by atoms with Crippen LogP contribution < -0.4 is 20.9 Å². The Morgan fingerprint density at radius 1 is 1.03 bits per heavy atom. The molecule has 2 rings (SSSR count). The van der Waals surface area contributed by atoms with Crippen LogP contribution in [0.15, 0.2) is 47.5 Å². The van der Waals surface area contributed by atoms with E-state index in [1.165, 1.54) is 35.8 Å². The van der Waals surface area contributed by atoms with Crippen molar-refractivity contribution in [1.29, 1.82) is 5.26 Å². The van der Waals surface area contributed by atoms with Crippen LogP contribution in [0.5, 0.6) is 5.75 Å². The molecule has 17 heteroatoms. The van der Waals surface area contributed by atoms with Crippen LogP contribution in [-0.2, 0) is 15.8 Å². The predicted molar refractivity (Wildman–Crippen MR) is 113 cm³/mol. The molecule has 0 saturated heterocycles. The summed E-state index contributed by atoms with van der Waals surface area (Å²) in [5.41, 5.74) is 4.27. The minimum Gasteiger partial charge on any atom is -0.492 e. The molecule has 8 nitrogen and oxygen atoms in total. The average Bonchev–Trinajstić information content (AvgIpc) is 2.80. The predicted octanol–water partition coefficient (Wildman–Crippen LogP) is 4.58. The van der Waals surface area contributed by atoms with Crippen LogP contribution in [0.4, 0.5) is 50.9 Å². The standard InChI is InChI=1S/C21H16F9N5O3/c22-19(23,24)11-35(14-4-1-12(10-31)16(9-14)20(25,26)27)7-8-37-15-5-2-13(3-6-15)33-18(32)34-38-17(36)21(28,29)30/h1-6,9H,7-8,11H2,(H3,32,33,34). The fourth-order valence-electron chi connectivity index (χ4n) is 2.79. The first-order valence-corrected chi connectivity index (χ1v) is 10.0. The average molecular weight is 557 g/mol. The Kier molecular flexibility index (Phi) is 9.27. The highest BCUT2D eigenvalue weighted by atomic mass is 19.4. The number of halogens is 9. The zero-order chi connectivity index (χ0) is 28.7. The highest BCUT2D eigenvalue weighted by Gasteiger charge is 2.42. The SMILES string of the molecule is N#Cc1ccc(N(CCOc2ccc(N=C(N)NOC(=O)C(F)(F)F)cc2)CC(F)(F)F)cc1C(F)(F)F. The van der Waals surface area contributed by atoms with E-state index < -0.39 is 67.0 Å². The van der Waals surface area contributed by atoms with E-state index >= 15 is 0 Å². The normalized spacial score (nSPS) is 12.5. The largest absolute Gasteiger partial charge is 0.493 e. The van der Waals surface area contributed by atoms with E-state index in [2.05, 4.69) is 9.83 Å². The maximum Gasteiger partial charge on any atom is 0.493 e. The van der Waals surface area contributed by atoms with Crippen molar-refractivity contribution in [2.24, 2.45) is 10.7 Å². The molecule has 3 N–H and O–H groups in total. The van der Waals surface area contributed by atoms with Gasteiger partial charge in [-0.1, -0.05) is 0 Å². The van der Waals surface area contributed by atoms with Crippen LogP contribution in [0.25, 0.3) is 0 Å². The number of guanidine groups is 1. The van der Waals surface area contributed by atoms with Crippen LogP contribution in [0.1, 0.15) is 11.1 Å². The molecule has 0 atom stereocenters. The van der Waals surface area contributed by atoms with E-state index in [0.29, 0.717) is 11.0 Å². The lowest BCUT2D eigenvalue weighted by atomic mass is 10.1. The van der Waals surface area contributed by atoms with Crippen LogP contribution >= 0.6 is 0 Å². The molecule has 0 saturated carbocycles. The maximum atomic E-state index is 13.2. The summed E-state index contributed by atoms with van der Waals surface area (Å²) in [5.74, 6) is -3.17. The van der Waals surface area contributed by atoms with Crippen molar-refractivity contribution >= 4 is 23.3 Å². The first-order valence-electron chi connectivity index (χ1n) is 10.0. The third kappa shape index (κ3) is 9.26. The molecule has 0 bridgehead atoms. The number of benzene rings is 2. The van der Waals surface area contributed by atoms with Gasteiger partial charge in [-0.2, -0.15) is 50.3 Å². The maximum absolute atomic E-state index is 13.2. The third-order valence-electron chi connectivity index (χ3n) is 4.36. The highest BCUT2D eigenvalue weighted by Crippen LogP contribution is 2.35. The fourth-order valence-corrected chi connectivity index (χ4v) is 2.79. The third-order valence-corrected chi connectivity index (χ3v) is 4.36. The molecule has 2 aromatic rings. The molecule has 0 aliphatic carbocycles. The first kappa shape index (κ1) is 29.9. The molecule has 2 aromatic carbocycles. The Labute approximate surface area is 208 Å². The molecule has 38 heavy (non-hydrogen) atoms. The van der Waals surface area contributed by atoms with Gasteiger partial charge < -0.3 is 20.2 Å². The van der Waals surface area contributed by atoms with Gasteiger partial charge in [-0.05, 0) is 42.5 Å². The van der Waals surface area contributed by atoms with Gasteiger partial charge in [0.1, 0.15) is 18.9 Å². The van der Waals surface area contributed by atoms with Crippen LogP contribution in [0.2, 0.25) is 0 Å². The molecule has 206 valence electrons. The van der Waals surface area contributed by atoms with E-state index in [1.807, 2.05) is 0 Å². The van der Waals surface area contributed by atoms with E-state index in [4.69, 9.17) is 15.7 Å². The van der Waals surface area contributed by atoms with Crippen molar-refractivity contribution < 1.29 is 53.9 Å². The number of ether oxygens (including phenoxy) is 1. The van der Waals surface area contributed by atoms with Gasteiger partial charge in [-0.15, -0.1) is 0 Å². The summed E-state index contributed by atoms with van der Waals surface area (Å²) < 4.78 is 120. The second kappa shape index (κ2) is 11.8. The fraction of sp³-hybridized carbons (Fsp3) is 0.286. The molecule has 0 spiro atoms. The van der Waals surface area contributed by atoms with Gasteiger partial charge in [0.15, 0.2) is 0 Å². The molecule has 0 heterocycles. The lowest BCUT2D eigenvalue weighted by molar-refractivity contribution is -0.203. The number of hydrogen-bond donors (Lipinski definition) is 2. The Morgan fingerprint density at radius 3 is 2.18 bits per heavy atom. The van der Waals surface area contributed by atoms with Crippen molar-refractivity contribution in [3.05, 3.63) is 53.6 Å². The molecule has 0 aromatic heterocycles. The zero-order valence-corrected chi connectivity index (χ0v) is 18.7. The second-order valence-corrected chi connectivity index (χ2v) is 7.20. The Morgan fingerprint density at radius 2 is 1.66 bits per heavy atom. The minimum absolute atomic E-state index is 0.0568. The zero-order valence-electron chi connectivity index (χ0n) is 18.7. The minimum atomic E-state index is -5.26. The van der Waals surface area contributed by atoms with Crippen LogP contribution in [0.3, 0.4) is 0 Å². The van der Waals surface area contributed by atoms with E-state index in [-0.39, 0.29) is 11.4 Å². The van der Waals surface area contributed by atoms with Crippen molar-refractivity contribution in [2.45, 2.75) is 18.5 Å². The molecule has 0 fully saturated rings. The summed E-state index contributed by atoms with van der Waals surface area (Å²) in [4.78, 5) is 18.5. The quantitative estimate of drug-likeness (QED) is 0.222. The molecular formula is C21H16F9N5O3. The molecule has 0 aliphatic heterocycles. The summed E-state index contributed by atoms with van der Waals surface area (Å²) in [5, 5.41) is 8.87. The Hall–Kier alpha value is -4.36. The summed E-state index contributed by atoms with van der Waals surface area (Å²) in [6.07, 6.45) is -15.0. The monoisotopic (exact) mass is 557 g/mol. The number of nitriles is 1. The summed E-state index contributed by atoms with van der Waals surface area (Å²) in [6.45, 7) is -2.50. The van der Waals surface area contributed by atoms with Gasteiger partial charge >= 0.3 is 24.5 Å². The second-order valence-electron chi connectivity index (χ2n) is 7.20. The first-order chi connectivity index (χ1) is 17.5. The Bertz CT molecular complexity index is 1190. The van der Waals surface area contributed by atoms with Crippen LogP contribution in [0, 0.1) is 11.3 Å². The number of hydroxylamine groups is 1. The molecular weight excluding hydrogens is 541 g/mol. The van der Waals surface area contributed by atoms with Crippen molar-refractivity contribution in [2.75, 3.05) is 24.6 Å². The molecule has 0 aliphatic rings. The smallest absolute Gasteiger partial charge is 0.492 e. The van der Waals surface area contributed by atoms with Crippen LogP contribution in [-0.4, -0.2) is 44.0 Å². The van der Waals surface area contributed by atoms with Gasteiger partial charge in [-0.3, -0.25) is 0 Å². The number of rotatable bonds is 7. The van der Waals surface area contributed by atoms with Gasteiger partial charge in [0.25, 0.3) is 0 Å². The molecule has 0 radical (unpaired) electrons. The Balaban J connectivity index is 2.06. The van der Waals surface area contributed by atoms with Crippen molar-refractivity contribution in [1.82, 2.24) is 5.48 Å². The molecule has 0 amide bonds. The number of carbonyl (C=O) groups is 1. The lowest BCUT2D eigenvalue weighted by Crippen LogP contribution is -2.38. The lowest BCUT2D eigenvalue weighted by Gasteiger charge is -2.27. The molecule has 0 unspecified atom stereocenters. The number of aliphatic imine (C=N–C) groups is 1. The summed E-state index contributed by atoms with van der Waals surface area (Å²) in [6, 6.07) is 8.55. The number of nitrogens with zero attached hydrogens (tertiary/aromatic N) is 3. The number of nitrogens with one attached hydrogen (secondary N) is 1. The summed E-state index contributed by atoms with van der Waals surface area (Å²) in [7, 11) is 0. The number of anilines is 1. The number of carbonyl (C=O) groups excluding carboxylic acids is 1. The van der Waals surface area contributed by atoms with E-state index in [1.54, 1.807) is 0 Å².